The summed E-state index contributed by atoms with van der Waals surface area (Å²) in [4.78, 5) is 22.2. The zero-order chi connectivity index (χ0) is 15.9. The lowest BCUT2D eigenvalue weighted by molar-refractivity contribution is -0.133. The first-order valence-corrected chi connectivity index (χ1v) is 9.10. The molecule has 0 aliphatic carbocycles. The van der Waals surface area contributed by atoms with Gasteiger partial charge in [-0.15, -0.1) is 11.3 Å². The van der Waals surface area contributed by atoms with E-state index in [1.165, 1.54) is 10.4 Å². The Morgan fingerprint density at radius 3 is 2.74 bits per heavy atom. The van der Waals surface area contributed by atoms with Crippen molar-refractivity contribution in [1.29, 1.82) is 0 Å². The van der Waals surface area contributed by atoms with Gasteiger partial charge in [-0.25, -0.2) is 0 Å². The molecule has 3 rings (SSSR count). The summed E-state index contributed by atoms with van der Waals surface area (Å²) in [6, 6.07) is 8.30. The van der Waals surface area contributed by atoms with Crippen molar-refractivity contribution in [3.63, 3.8) is 0 Å². The molecule has 1 aliphatic heterocycles. The van der Waals surface area contributed by atoms with Crippen molar-refractivity contribution in [3.05, 3.63) is 52.5 Å². The van der Waals surface area contributed by atoms with Crippen molar-refractivity contribution in [2.45, 2.75) is 25.8 Å². The van der Waals surface area contributed by atoms with E-state index in [1.54, 1.807) is 17.5 Å². The Morgan fingerprint density at radius 1 is 1.17 bits per heavy atom. The first kappa shape index (κ1) is 16.1. The van der Waals surface area contributed by atoms with Crippen molar-refractivity contribution < 1.29 is 4.79 Å². The Balaban J connectivity index is 1.37. The molecule has 1 fully saturated rings. The molecule has 0 bridgehead atoms. The Bertz CT molecular complexity index is 592. The molecule has 0 radical (unpaired) electrons. The molecule has 1 amide bonds. The van der Waals surface area contributed by atoms with Crippen LogP contribution in [0.1, 0.15) is 23.3 Å². The molecule has 0 atom stereocenters. The number of amides is 1. The summed E-state index contributed by atoms with van der Waals surface area (Å²) in [6.45, 7) is 4.52. The van der Waals surface area contributed by atoms with Crippen LogP contribution in [0.4, 0.5) is 0 Å². The van der Waals surface area contributed by atoms with Gasteiger partial charge in [-0.1, -0.05) is 12.1 Å². The molecule has 4 nitrogen and oxygen atoms in total. The fraction of sp³-hybridized carbons (Fsp3) is 0.444. The van der Waals surface area contributed by atoms with Gasteiger partial charge in [-0.2, -0.15) is 0 Å². The van der Waals surface area contributed by atoms with E-state index in [0.29, 0.717) is 12.3 Å². The highest BCUT2D eigenvalue weighted by molar-refractivity contribution is 7.09. The number of thiophene rings is 1. The van der Waals surface area contributed by atoms with Gasteiger partial charge < -0.3 is 4.90 Å². The standard InChI is InChI=1S/C18H23N3OS/c22-18(7-1-5-17-6-3-13-23-17)21-11-9-20(10-12-21)15-16-4-2-8-19-14-16/h2-4,6,8,13-14H,1,5,7,9-12,15H2. The minimum atomic E-state index is 0.308. The smallest absolute Gasteiger partial charge is 0.222 e. The molecule has 0 N–H and O–H groups in total. The van der Waals surface area contributed by atoms with Crippen molar-refractivity contribution >= 4 is 17.2 Å². The van der Waals surface area contributed by atoms with Gasteiger partial charge in [0.15, 0.2) is 0 Å². The largest absolute Gasteiger partial charge is 0.340 e. The maximum absolute atomic E-state index is 12.3. The molecule has 1 saturated heterocycles. The second-order valence-electron chi connectivity index (χ2n) is 5.95. The number of aryl methyl sites for hydroxylation is 1. The molecular weight excluding hydrogens is 306 g/mol. The highest BCUT2D eigenvalue weighted by atomic mass is 32.1. The Hall–Kier alpha value is -1.72. The van der Waals surface area contributed by atoms with Crippen molar-refractivity contribution in [2.75, 3.05) is 26.2 Å². The average Bonchev–Trinajstić information content (AvgIpc) is 3.10. The Kier molecular flexibility index (Phi) is 5.77. The van der Waals surface area contributed by atoms with Crippen molar-refractivity contribution in [1.82, 2.24) is 14.8 Å². The third-order valence-corrected chi connectivity index (χ3v) is 5.18. The number of hydrogen-bond acceptors (Lipinski definition) is 4. The summed E-state index contributed by atoms with van der Waals surface area (Å²) in [7, 11) is 0. The average molecular weight is 329 g/mol. The van der Waals surface area contributed by atoms with Crippen molar-refractivity contribution in [3.8, 4) is 0 Å². The van der Waals surface area contributed by atoms with Gasteiger partial charge in [-0.3, -0.25) is 14.7 Å². The van der Waals surface area contributed by atoms with Gasteiger partial charge in [0.25, 0.3) is 0 Å². The van der Waals surface area contributed by atoms with E-state index >= 15 is 0 Å². The Morgan fingerprint density at radius 2 is 2.04 bits per heavy atom. The molecule has 23 heavy (non-hydrogen) atoms. The SMILES string of the molecule is O=C(CCCc1cccs1)N1CCN(Cc2cccnc2)CC1. The summed E-state index contributed by atoms with van der Waals surface area (Å²) >= 11 is 1.77. The fourth-order valence-corrected chi connectivity index (χ4v) is 3.68. The zero-order valence-electron chi connectivity index (χ0n) is 13.4. The second-order valence-corrected chi connectivity index (χ2v) is 6.98. The van der Waals surface area contributed by atoms with Crippen LogP contribution in [0, 0.1) is 0 Å². The van der Waals surface area contributed by atoms with E-state index in [2.05, 4.69) is 33.5 Å². The van der Waals surface area contributed by atoms with E-state index in [0.717, 1.165) is 45.6 Å². The van der Waals surface area contributed by atoms with E-state index in [-0.39, 0.29) is 0 Å². The van der Waals surface area contributed by atoms with Crippen LogP contribution in [-0.2, 0) is 17.8 Å². The molecule has 0 saturated carbocycles. The number of hydrogen-bond donors (Lipinski definition) is 0. The number of aromatic nitrogens is 1. The number of carbonyl (C=O) groups excluding carboxylic acids is 1. The molecule has 3 heterocycles. The topological polar surface area (TPSA) is 36.4 Å². The molecule has 1 aliphatic rings. The lowest BCUT2D eigenvalue weighted by Gasteiger charge is -2.34. The highest BCUT2D eigenvalue weighted by Crippen LogP contribution is 2.14. The van der Waals surface area contributed by atoms with Gasteiger partial charge in [0, 0.05) is 56.4 Å². The number of carbonyl (C=O) groups is 1. The van der Waals surface area contributed by atoms with E-state index in [9.17, 15) is 4.79 Å². The van der Waals surface area contributed by atoms with Gasteiger partial charge in [0.1, 0.15) is 0 Å². The van der Waals surface area contributed by atoms with Gasteiger partial charge in [0.2, 0.25) is 5.91 Å². The van der Waals surface area contributed by atoms with Crippen molar-refractivity contribution in [2.24, 2.45) is 0 Å². The minimum absolute atomic E-state index is 0.308. The van der Waals surface area contributed by atoms with Gasteiger partial charge in [-0.05, 0) is 35.9 Å². The lowest BCUT2D eigenvalue weighted by atomic mass is 10.2. The van der Waals surface area contributed by atoms with Crippen LogP contribution in [0.2, 0.25) is 0 Å². The van der Waals surface area contributed by atoms with E-state index in [1.807, 2.05) is 17.2 Å². The third kappa shape index (κ3) is 4.88. The van der Waals surface area contributed by atoms with Crippen LogP contribution in [0.5, 0.6) is 0 Å². The van der Waals surface area contributed by atoms with Crippen LogP contribution < -0.4 is 0 Å². The molecule has 2 aromatic rings. The summed E-state index contributed by atoms with van der Waals surface area (Å²) in [5.74, 6) is 0.308. The van der Waals surface area contributed by atoms with Gasteiger partial charge in [0.05, 0.1) is 0 Å². The Labute approximate surface area is 141 Å². The number of nitrogens with zero attached hydrogens (tertiary/aromatic N) is 3. The quantitative estimate of drug-likeness (QED) is 0.818. The third-order valence-electron chi connectivity index (χ3n) is 4.25. The number of piperazine rings is 1. The first-order valence-electron chi connectivity index (χ1n) is 8.23. The number of pyridine rings is 1. The summed E-state index contributed by atoms with van der Waals surface area (Å²) < 4.78 is 0. The molecule has 5 heteroatoms. The predicted molar refractivity (Wildman–Crippen MR) is 93.4 cm³/mol. The van der Waals surface area contributed by atoms with Crippen LogP contribution in [0.15, 0.2) is 42.0 Å². The maximum atomic E-state index is 12.3. The van der Waals surface area contributed by atoms with Crippen LogP contribution in [0.25, 0.3) is 0 Å². The molecule has 2 aromatic heterocycles. The van der Waals surface area contributed by atoms with E-state index in [4.69, 9.17) is 0 Å². The van der Waals surface area contributed by atoms with E-state index < -0.39 is 0 Å². The van der Waals surface area contributed by atoms with Crippen LogP contribution >= 0.6 is 11.3 Å². The number of rotatable bonds is 6. The van der Waals surface area contributed by atoms with Gasteiger partial charge >= 0.3 is 0 Å². The summed E-state index contributed by atoms with van der Waals surface area (Å²) in [5, 5.41) is 2.10. The predicted octanol–water partition coefficient (Wildman–Crippen LogP) is 2.81. The zero-order valence-corrected chi connectivity index (χ0v) is 14.2. The van der Waals surface area contributed by atoms with Crippen LogP contribution in [-0.4, -0.2) is 46.9 Å². The maximum Gasteiger partial charge on any atom is 0.222 e. The molecular formula is C18H23N3OS. The highest BCUT2D eigenvalue weighted by Gasteiger charge is 2.20. The first-order chi connectivity index (χ1) is 11.3. The molecule has 0 aromatic carbocycles. The molecule has 0 unspecified atom stereocenters. The normalized spacial score (nSPS) is 15.7. The molecule has 0 spiro atoms. The summed E-state index contributed by atoms with van der Waals surface area (Å²) in [6.07, 6.45) is 6.36. The molecule has 122 valence electrons. The van der Waals surface area contributed by atoms with Crippen LogP contribution in [0.3, 0.4) is 0 Å². The second kappa shape index (κ2) is 8.22. The lowest BCUT2D eigenvalue weighted by Crippen LogP contribution is -2.48. The summed E-state index contributed by atoms with van der Waals surface area (Å²) in [5.41, 5.74) is 1.24. The fourth-order valence-electron chi connectivity index (χ4n) is 2.93. The monoisotopic (exact) mass is 329 g/mol. The minimum Gasteiger partial charge on any atom is -0.340 e.